The van der Waals surface area contributed by atoms with Crippen LogP contribution in [0.5, 0.6) is 0 Å². The monoisotopic (exact) mass is 525 g/mol. The molecule has 0 saturated carbocycles. The molecule has 1 unspecified atom stereocenters. The highest BCUT2D eigenvalue weighted by atomic mass is 32.2. The summed E-state index contributed by atoms with van der Waals surface area (Å²) in [6, 6.07) is 8.27. The molecule has 0 aliphatic carbocycles. The molecule has 12 heteroatoms. The molecule has 192 valence electrons. The number of nitrogens with one attached hydrogen (secondary N) is 1. The first-order valence-electron chi connectivity index (χ1n) is 11.4. The van der Waals surface area contributed by atoms with Gasteiger partial charge < -0.3 is 10.1 Å². The van der Waals surface area contributed by atoms with Crippen molar-refractivity contribution in [3.8, 4) is 5.69 Å². The maximum absolute atomic E-state index is 13.3. The molecule has 0 radical (unpaired) electrons. The summed E-state index contributed by atoms with van der Waals surface area (Å²) < 4.78 is 44.7. The van der Waals surface area contributed by atoms with Gasteiger partial charge in [-0.05, 0) is 48.4 Å². The van der Waals surface area contributed by atoms with Gasteiger partial charge in [0.2, 0.25) is 0 Å². The molecule has 1 aromatic carbocycles. The Balaban J connectivity index is 1.58. The molecule has 3 heterocycles. The van der Waals surface area contributed by atoms with E-state index in [1.54, 1.807) is 29.1 Å². The third kappa shape index (κ3) is 5.64. The predicted octanol–water partition coefficient (Wildman–Crippen LogP) is 3.17. The van der Waals surface area contributed by atoms with Crippen LogP contribution in [0.1, 0.15) is 41.7 Å². The summed E-state index contributed by atoms with van der Waals surface area (Å²) in [6.45, 7) is 1.85. The van der Waals surface area contributed by atoms with Gasteiger partial charge in [-0.3, -0.25) is 14.6 Å². The summed E-state index contributed by atoms with van der Waals surface area (Å²) in [5.74, 6) is -1.87. The second kappa shape index (κ2) is 10.8. The Morgan fingerprint density at radius 3 is 2.59 bits per heavy atom. The molecule has 37 heavy (non-hydrogen) atoms. The van der Waals surface area contributed by atoms with Crippen LogP contribution in [0.25, 0.3) is 16.6 Å². The van der Waals surface area contributed by atoms with E-state index in [9.17, 15) is 22.4 Å². The number of amides is 1. The molecule has 0 aliphatic heterocycles. The third-order valence-corrected chi connectivity index (χ3v) is 7.41. The van der Waals surface area contributed by atoms with Crippen LogP contribution in [-0.2, 0) is 19.4 Å². The lowest BCUT2D eigenvalue weighted by atomic mass is 10.1. The van der Waals surface area contributed by atoms with Gasteiger partial charge in [-0.25, -0.2) is 22.5 Å². The second-order valence-corrected chi connectivity index (χ2v) is 10.2. The average Bonchev–Trinajstić information content (AvgIpc) is 3.35. The number of pyridine rings is 2. The highest BCUT2D eigenvalue weighted by Crippen LogP contribution is 2.24. The zero-order chi connectivity index (χ0) is 26.6. The van der Waals surface area contributed by atoms with Crippen LogP contribution in [0, 0.1) is 5.82 Å². The highest BCUT2D eigenvalue weighted by molar-refractivity contribution is 7.91. The van der Waals surface area contributed by atoms with E-state index >= 15 is 0 Å². The van der Waals surface area contributed by atoms with Crippen molar-refractivity contribution in [2.75, 3.05) is 12.9 Å². The number of methoxy groups -OCH3 is 1. The predicted molar refractivity (Wildman–Crippen MR) is 132 cm³/mol. The minimum Gasteiger partial charge on any atom is -0.469 e. The molecule has 0 bridgehead atoms. The number of hydrogen-bond acceptors (Lipinski definition) is 8. The Morgan fingerprint density at radius 1 is 1.14 bits per heavy atom. The zero-order valence-electron chi connectivity index (χ0n) is 20.1. The second-order valence-electron chi connectivity index (χ2n) is 8.16. The first-order chi connectivity index (χ1) is 17.7. The number of fused-ring (bicyclic) bond motifs is 1. The molecule has 3 aromatic heterocycles. The van der Waals surface area contributed by atoms with Crippen molar-refractivity contribution in [2.45, 2.75) is 30.8 Å². The topological polar surface area (TPSA) is 133 Å². The van der Waals surface area contributed by atoms with Gasteiger partial charge >= 0.3 is 5.97 Å². The van der Waals surface area contributed by atoms with Crippen LogP contribution in [-0.4, -0.2) is 52.9 Å². The van der Waals surface area contributed by atoms with E-state index in [1.165, 1.54) is 43.9 Å². The maximum Gasteiger partial charge on any atom is 0.306 e. The van der Waals surface area contributed by atoms with Crippen molar-refractivity contribution in [1.29, 1.82) is 0 Å². The summed E-state index contributed by atoms with van der Waals surface area (Å²) in [5, 5.41) is 7.62. The lowest BCUT2D eigenvalue weighted by molar-refractivity contribution is -0.140. The van der Waals surface area contributed by atoms with Crippen molar-refractivity contribution < 1.29 is 27.1 Å². The number of esters is 1. The third-order valence-electron chi connectivity index (χ3n) is 5.81. The van der Waals surface area contributed by atoms with E-state index in [2.05, 4.69) is 25.1 Å². The van der Waals surface area contributed by atoms with Crippen LogP contribution in [0.3, 0.4) is 0 Å². The number of aromatic nitrogens is 4. The minimum atomic E-state index is -3.83. The molecule has 4 aromatic rings. The van der Waals surface area contributed by atoms with Crippen LogP contribution in [0.15, 0.2) is 66.2 Å². The quantitative estimate of drug-likeness (QED) is 0.330. The smallest absolute Gasteiger partial charge is 0.306 e. The van der Waals surface area contributed by atoms with Gasteiger partial charge in [0.05, 0.1) is 54.5 Å². The Morgan fingerprint density at radius 2 is 1.89 bits per heavy atom. The molecule has 4 rings (SSSR count). The summed E-state index contributed by atoms with van der Waals surface area (Å²) in [7, 11) is -2.65. The van der Waals surface area contributed by atoms with Gasteiger partial charge in [0.15, 0.2) is 14.9 Å². The molecule has 10 nitrogen and oxygen atoms in total. The summed E-state index contributed by atoms with van der Waals surface area (Å²) in [5.41, 5.74) is 2.00. The summed E-state index contributed by atoms with van der Waals surface area (Å²) >= 11 is 0. The Kier molecular flexibility index (Phi) is 7.58. The lowest BCUT2D eigenvalue weighted by Gasteiger charge is -2.18. The van der Waals surface area contributed by atoms with Gasteiger partial charge in [-0.15, -0.1) is 0 Å². The first-order valence-corrected chi connectivity index (χ1v) is 13.0. The Bertz CT molecular complexity index is 1550. The van der Waals surface area contributed by atoms with E-state index < -0.39 is 33.5 Å². The largest absolute Gasteiger partial charge is 0.469 e. The van der Waals surface area contributed by atoms with Crippen molar-refractivity contribution in [3.05, 3.63) is 78.1 Å². The molecule has 1 N–H and O–H groups in total. The van der Waals surface area contributed by atoms with Crippen molar-refractivity contribution in [1.82, 2.24) is 25.1 Å². The molecular weight excluding hydrogens is 501 g/mol. The van der Waals surface area contributed by atoms with Gasteiger partial charge in [0.1, 0.15) is 5.82 Å². The number of sulfone groups is 1. The fourth-order valence-electron chi connectivity index (χ4n) is 3.80. The van der Waals surface area contributed by atoms with Crippen LogP contribution in [0.4, 0.5) is 4.39 Å². The number of carbonyl (C=O) groups excluding carboxylic acids is 2. The normalized spacial score (nSPS) is 12.3. The van der Waals surface area contributed by atoms with E-state index in [1.807, 2.05) is 6.92 Å². The van der Waals surface area contributed by atoms with E-state index in [-0.39, 0.29) is 22.8 Å². The standard InChI is InChI=1S/C25H24FN5O5S/c1-3-21(16-8-10-28-23(12-16)37(34,35)11-9-24(32)36-2)30-25(33)20-13-27-15-22-19(20)14-29-31(22)18-6-4-17(26)5-7-18/h4-8,10,12-15,21H,3,9,11H2,1-2H3,(H,30,33). The van der Waals surface area contributed by atoms with Gasteiger partial charge in [0, 0.05) is 17.8 Å². The first kappa shape index (κ1) is 25.9. The van der Waals surface area contributed by atoms with Gasteiger partial charge in [-0.1, -0.05) is 6.92 Å². The number of ether oxygens (including phenoxy) is 1. The number of hydrogen-bond donors (Lipinski definition) is 1. The number of benzene rings is 1. The molecule has 0 saturated heterocycles. The fourth-order valence-corrected chi connectivity index (χ4v) is 4.99. The number of nitrogens with zero attached hydrogens (tertiary/aromatic N) is 4. The van der Waals surface area contributed by atoms with Crippen LogP contribution in [0.2, 0.25) is 0 Å². The van der Waals surface area contributed by atoms with Crippen molar-refractivity contribution >= 4 is 32.6 Å². The molecular formula is C25H24FN5O5S. The average molecular weight is 526 g/mol. The van der Waals surface area contributed by atoms with E-state index in [0.29, 0.717) is 28.6 Å². The molecule has 0 spiro atoms. The highest BCUT2D eigenvalue weighted by Gasteiger charge is 2.22. The Labute approximate surface area is 212 Å². The van der Waals surface area contributed by atoms with Crippen molar-refractivity contribution in [3.63, 3.8) is 0 Å². The summed E-state index contributed by atoms with van der Waals surface area (Å²) in [4.78, 5) is 32.8. The lowest BCUT2D eigenvalue weighted by Crippen LogP contribution is -2.28. The maximum atomic E-state index is 13.3. The SMILES string of the molecule is CCC(NC(=O)c1cncc2c1cnn2-c1ccc(F)cc1)c1ccnc(S(=O)(=O)CCC(=O)OC)c1. The van der Waals surface area contributed by atoms with Crippen LogP contribution < -0.4 is 5.32 Å². The van der Waals surface area contributed by atoms with Gasteiger partial charge in [0.25, 0.3) is 5.91 Å². The summed E-state index contributed by atoms with van der Waals surface area (Å²) in [6.07, 6.45) is 6.06. The fraction of sp³-hybridized carbons (Fsp3) is 0.240. The minimum absolute atomic E-state index is 0.189. The molecule has 1 atom stereocenters. The van der Waals surface area contributed by atoms with E-state index in [4.69, 9.17) is 0 Å². The Hall–Kier alpha value is -4.19. The molecule has 0 aliphatic rings. The zero-order valence-corrected chi connectivity index (χ0v) is 20.9. The molecule has 0 fully saturated rings. The molecule has 1 amide bonds. The number of rotatable bonds is 9. The number of carbonyl (C=O) groups is 2. The van der Waals surface area contributed by atoms with Crippen LogP contribution >= 0.6 is 0 Å². The van der Waals surface area contributed by atoms with Crippen molar-refractivity contribution in [2.24, 2.45) is 0 Å². The van der Waals surface area contributed by atoms with E-state index in [0.717, 1.165) is 0 Å². The number of halogens is 1. The van der Waals surface area contributed by atoms with Gasteiger partial charge in [-0.2, -0.15) is 5.10 Å².